The average Bonchev–Trinajstić information content (AvgIpc) is 2.59. The van der Waals surface area contributed by atoms with Crippen molar-refractivity contribution < 1.29 is 4.74 Å². The third kappa shape index (κ3) is 6.41. The molecule has 1 nitrogen and oxygen atoms in total. The maximum Gasteiger partial charge on any atom is 0.122 e. The Labute approximate surface area is 143 Å². The molecule has 0 spiro atoms. The van der Waals surface area contributed by atoms with Gasteiger partial charge in [0.2, 0.25) is 0 Å². The van der Waals surface area contributed by atoms with E-state index in [-0.39, 0.29) is 0 Å². The second-order valence-electron chi connectivity index (χ2n) is 7.10. The summed E-state index contributed by atoms with van der Waals surface area (Å²) in [5.41, 5.74) is 1.39. The summed E-state index contributed by atoms with van der Waals surface area (Å²) in [4.78, 5) is 0. The molecule has 128 valence electrons. The van der Waals surface area contributed by atoms with Crippen LogP contribution in [0.5, 0.6) is 5.75 Å². The quantitative estimate of drug-likeness (QED) is 0.350. The lowest BCUT2D eigenvalue weighted by Gasteiger charge is -2.28. The van der Waals surface area contributed by atoms with Crippen LogP contribution >= 0.6 is 0 Å². The standard InChI is InChI=1S/C22H34O/c1-3-5-8-18-23-22-11-7-6-10-21(22)17-16-20-14-12-19(9-4-2)13-15-20/h3,6-7,10-11,19-20H,1,4-5,8-9,12-18H2,2H3. The van der Waals surface area contributed by atoms with Crippen molar-refractivity contribution in [1.82, 2.24) is 0 Å². The van der Waals surface area contributed by atoms with E-state index in [1.54, 1.807) is 0 Å². The molecule has 0 aliphatic heterocycles. The van der Waals surface area contributed by atoms with Crippen molar-refractivity contribution in [2.24, 2.45) is 11.8 Å². The first-order chi connectivity index (χ1) is 11.3. The van der Waals surface area contributed by atoms with E-state index in [0.29, 0.717) is 0 Å². The number of para-hydroxylation sites is 1. The zero-order valence-electron chi connectivity index (χ0n) is 14.9. The van der Waals surface area contributed by atoms with Crippen molar-refractivity contribution in [3.05, 3.63) is 42.5 Å². The lowest BCUT2D eigenvalue weighted by Crippen LogP contribution is -2.15. The molecular formula is C22H34O. The third-order valence-corrected chi connectivity index (χ3v) is 5.27. The highest BCUT2D eigenvalue weighted by Gasteiger charge is 2.20. The van der Waals surface area contributed by atoms with Crippen molar-refractivity contribution in [2.45, 2.75) is 71.1 Å². The van der Waals surface area contributed by atoms with Crippen LogP contribution in [0, 0.1) is 11.8 Å². The number of aryl methyl sites for hydroxylation is 1. The fourth-order valence-electron chi connectivity index (χ4n) is 3.84. The van der Waals surface area contributed by atoms with Crippen LogP contribution in [0.15, 0.2) is 36.9 Å². The van der Waals surface area contributed by atoms with Gasteiger partial charge in [0.05, 0.1) is 6.61 Å². The zero-order valence-corrected chi connectivity index (χ0v) is 14.9. The van der Waals surface area contributed by atoms with Gasteiger partial charge in [-0.2, -0.15) is 0 Å². The highest BCUT2D eigenvalue weighted by Crippen LogP contribution is 2.34. The molecular weight excluding hydrogens is 280 g/mol. The molecule has 2 rings (SSSR count). The summed E-state index contributed by atoms with van der Waals surface area (Å²) in [5.74, 6) is 3.03. The Morgan fingerprint density at radius 3 is 2.48 bits per heavy atom. The van der Waals surface area contributed by atoms with E-state index in [2.05, 4.69) is 37.8 Å². The van der Waals surface area contributed by atoms with Gasteiger partial charge in [-0.15, -0.1) is 6.58 Å². The second kappa shape index (κ2) is 10.5. The van der Waals surface area contributed by atoms with Crippen LogP contribution in [0.4, 0.5) is 0 Å². The highest BCUT2D eigenvalue weighted by atomic mass is 16.5. The van der Waals surface area contributed by atoms with E-state index in [0.717, 1.165) is 37.0 Å². The topological polar surface area (TPSA) is 9.23 Å². The molecule has 0 N–H and O–H groups in total. The van der Waals surface area contributed by atoms with E-state index >= 15 is 0 Å². The molecule has 1 aromatic rings. The molecule has 1 saturated carbocycles. The third-order valence-electron chi connectivity index (χ3n) is 5.27. The lowest BCUT2D eigenvalue weighted by molar-refractivity contribution is 0.251. The summed E-state index contributed by atoms with van der Waals surface area (Å²) in [6, 6.07) is 8.60. The molecule has 0 radical (unpaired) electrons. The Morgan fingerprint density at radius 1 is 1.09 bits per heavy atom. The van der Waals surface area contributed by atoms with Crippen molar-refractivity contribution in [2.75, 3.05) is 6.61 Å². The monoisotopic (exact) mass is 314 g/mol. The molecule has 23 heavy (non-hydrogen) atoms. The van der Waals surface area contributed by atoms with E-state index in [1.165, 1.54) is 56.9 Å². The predicted octanol–water partition coefficient (Wildman–Crippen LogP) is 6.57. The van der Waals surface area contributed by atoms with Gasteiger partial charge in [0.15, 0.2) is 0 Å². The number of hydrogen-bond donors (Lipinski definition) is 0. The number of rotatable bonds is 10. The molecule has 0 unspecified atom stereocenters. The van der Waals surface area contributed by atoms with Crippen LogP contribution in [-0.2, 0) is 6.42 Å². The molecule has 1 aliphatic carbocycles. The van der Waals surface area contributed by atoms with Gasteiger partial charge in [0.25, 0.3) is 0 Å². The number of benzene rings is 1. The largest absolute Gasteiger partial charge is 0.493 e. The fraction of sp³-hybridized carbons (Fsp3) is 0.636. The van der Waals surface area contributed by atoms with E-state index in [1.807, 2.05) is 6.08 Å². The first-order valence-corrected chi connectivity index (χ1v) is 9.65. The molecule has 1 aliphatic rings. The first kappa shape index (κ1) is 18.1. The Bertz CT molecular complexity index is 443. The number of hydrogen-bond acceptors (Lipinski definition) is 1. The fourth-order valence-corrected chi connectivity index (χ4v) is 3.84. The van der Waals surface area contributed by atoms with Gasteiger partial charge in [-0.25, -0.2) is 0 Å². The number of allylic oxidation sites excluding steroid dienone is 1. The summed E-state index contributed by atoms with van der Waals surface area (Å²) in [6.07, 6.45) is 15.1. The lowest BCUT2D eigenvalue weighted by atomic mass is 9.78. The van der Waals surface area contributed by atoms with Gasteiger partial charge >= 0.3 is 0 Å². The maximum atomic E-state index is 5.98. The SMILES string of the molecule is C=CCCCOc1ccccc1CCC1CCC(CCC)CC1. The number of unbranched alkanes of at least 4 members (excludes halogenated alkanes) is 1. The van der Waals surface area contributed by atoms with Crippen LogP contribution in [0.1, 0.15) is 70.3 Å². The van der Waals surface area contributed by atoms with Gasteiger partial charge in [-0.3, -0.25) is 0 Å². The summed E-state index contributed by atoms with van der Waals surface area (Å²) >= 11 is 0. The Morgan fingerprint density at radius 2 is 1.78 bits per heavy atom. The van der Waals surface area contributed by atoms with E-state index in [4.69, 9.17) is 4.74 Å². The molecule has 0 amide bonds. The molecule has 0 bridgehead atoms. The molecule has 0 saturated heterocycles. The van der Waals surface area contributed by atoms with Crippen molar-refractivity contribution in [1.29, 1.82) is 0 Å². The smallest absolute Gasteiger partial charge is 0.122 e. The van der Waals surface area contributed by atoms with E-state index in [9.17, 15) is 0 Å². The zero-order chi connectivity index (χ0) is 16.3. The maximum absolute atomic E-state index is 5.98. The van der Waals surface area contributed by atoms with Crippen LogP contribution in [0.3, 0.4) is 0 Å². The Balaban J connectivity index is 1.76. The molecule has 1 aromatic carbocycles. The minimum atomic E-state index is 0.797. The molecule has 0 atom stereocenters. The van der Waals surface area contributed by atoms with Crippen molar-refractivity contribution >= 4 is 0 Å². The van der Waals surface area contributed by atoms with Crippen molar-refractivity contribution in [3.63, 3.8) is 0 Å². The van der Waals surface area contributed by atoms with Gasteiger partial charge < -0.3 is 4.74 Å². The van der Waals surface area contributed by atoms with Gasteiger partial charge in [0, 0.05) is 0 Å². The minimum Gasteiger partial charge on any atom is -0.493 e. The molecule has 0 aromatic heterocycles. The van der Waals surface area contributed by atoms with E-state index < -0.39 is 0 Å². The Kier molecular flexibility index (Phi) is 8.28. The Hall–Kier alpha value is -1.24. The van der Waals surface area contributed by atoms with Gasteiger partial charge in [0.1, 0.15) is 5.75 Å². The summed E-state index contributed by atoms with van der Waals surface area (Å²) < 4.78 is 5.98. The van der Waals surface area contributed by atoms with Crippen molar-refractivity contribution in [3.8, 4) is 5.75 Å². The molecule has 1 heteroatoms. The average molecular weight is 315 g/mol. The van der Waals surface area contributed by atoms with Gasteiger partial charge in [-0.05, 0) is 49.1 Å². The normalized spacial score (nSPS) is 21.1. The predicted molar refractivity (Wildman–Crippen MR) is 100 cm³/mol. The van der Waals surface area contributed by atoms with Crippen LogP contribution in [0.2, 0.25) is 0 Å². The molecule has 0 heterocycles. The summed E-state index contributed by atoms with van der Waals surface area (Å²) in [5, 5.41) is 0. The number of ether oxygens (including phenoxy) is 1. The summed E-state index contributed by atoms with van der Waals surface area (Å²) in [7, 11) is 0. The van der Waals surface area contributed by atoms with Crippen LogP contribution in [0.25, 0.3) is 0 Å². The second-order valence-corrected chi connectivity index (χ2v) is 7.10. The highest BCUT2D eigenvalue weighted by molar-refractivity contribution is 5.33. The first-order valence-electron chi connectivity index (χ1n) is 9.65. The molecule has 1 fully saturated rings. The summed E-state index contributed by atoms with van der Waals surface area (Å²) in [6.45, 7) is 6.88. The minimum absolute atomic E-state index is 0.797. The van der Waals surface area contributed by atoms with Crippen LogP contribution in [-0.4, -0.2) is 6.61 Å². The van der Waals surface area contributed by atoms with Gasteiger partial charge in [-0.1, -0.05) is 69.7 Å². The van der Waals surface area contributed by atoms with Crippen LogP contribution < -0.4 is 4.74 Å².